The molecule has 106 valence electrons. The molecular weight excluding hydrogens is 281 g/mol. The molecule has 0 bridgehead atoms. The first kappa shape index (κ1) is 13.2. The zero-order valence-electron chi connectivity index (χ0n) is 10.7. The van der Waals surface area contributed by atoms with Gasteiger partial charge < -0.3 is 10.6 Å². The lowest BCUT2D eigenvalue weighted by Gasteiger charge is -2.19. The Kier molecular flexibility index (Phi) is 2.94. The second-order valence-electron chi connectivity index (χ2n) is 4.71. The Bertz CT molecular complexity index is 760. The third-order valence-corrected chi connectivity index (χ3v) is 3.42. The fourth-order valence-electron chi connectivity index (χ4n) is 2.49. The number of hydrogen-bond acceptors (Lipinski definition) is 4. The number of benzene rings is 1. The van der Waals surface area contributed by atoms with E-state index in [4.69, 9.17) is 11.0 Å². The molecule has 0 fully saturated rings. The van der Waals surface area contributed by atoms with Crippen molar-refractivity contribution < 1.29 is 13.2 Å². The molecule has 21 heavy (non-hydrogen) atoms. The largest absolute Gasteiger partial charge is 0.383 e. The maximum Gasteiger partial charge on any atom is 0.152 e. The Labute approximate surface area is 118 Å². The predicted molar refractivity (Wildman–Crippen MR) is 69.6 cm³/mol. The van der Waals surface area contributed by atoms with Crippen molar-refractivity contribution in [1.29, 1.82) is 5.26 Å². The zero-order chi connectivity index (χ0) is 15.1. The highest BCUT2D eigenvalue weighted by molar-refractivity contribution is 5.61. The van der Waals surface area contributed by atoms with E-state index in [1.165, 1.54) is 11.1 Å². The Morgan fingerprint density at radius 2 is 1.86 bits per heavy atom. The summed E-state index contributed by atoms with van der Waals surface area (Å²) in [6.07, 6.45) is 1.48. The standard InChI is InChI=1S/C14H9F3N4/c15-8-1-11(16)13(12(17)2-8)21-5-7-4-20-14(19)9(3-18)10(7)6-21/h1-2,4H,5-6H2,(H2,19,20). The van der Waals surface area contributed by atoms with Gasteiger partial charge in [0.05, 0.1) is 5.56 Å². The molecule has 1 aliphatic rings. The zero-order valence-corrected chi connectivity index (χ0v) is 10.7. The van der Waals surface area contributed by atoms with E-state index in [-0.39, 0.29) is 30.2 Å². The minimum Gasteiger partial charge on any atom is -0.383 e. The molecule has 2 N–H and O–H groups in total. The first-order chi connectivity index (χ1) is 10.0. The lowest BCUT2D eigenvalue weighted by atomic mass is 10.1. The summed E-state index contributed by atoms with van der Waals surface area (Å²) >= 11 is 0. The summed E-state index contributed by atoms with van der Waals surface area (Å²) < 4.78 is 40.6. The van der Waals surface area contributed by atoms with Crippen LogP contribution in [0.1, 0.15) is 16.7 Å². The van der Waals surface area contributed by atoms with Gasteiger partial charge in [0.25, 0.3) is 0 Å². The van der Waals surface area contributed by atoms with Crippen LogP contribution in [0.4, 0.5) is 24.7 Å². The van der Waals surface area contributed by atoms with E-state index in [0.29, 0.717) is 23.3 Å². The summed E-state index contributed by atoms with van der Waals surface area (Å²) in [5, 5.41) is 9.10. The minimum atomic E-state index is -0.986. The Balaban J connectivity index is 2.05. The van der Waals surface area contributed by atoms with Gasteiger partial charge in [0.15, 0.2) is 11.6 Å². The monoisotopic (exact) mass is 290 g/mol. The minimum absolute atomic E-state index is 0.0816. The van der Waals surface area contributed by atoms with Gasteiger partial charge in [0, 0.05) is 31.4 Å². The molecule has 1 aromatic heterocycles. The SMILES string of the molecule is N#Cc1c(N)ncc2c1CN(c1c(F)cc(F)cc1F)C2. The number of hydrogen-bond donors (Lipinski definition) is 1. The number of aromatic nitrogens is 1. The second-order valence-corrected chi connectivity index (χ2v) is 4.71. The van der Waals surface area contributed by atoms with Gasteiger partial charge in [-0.3, -0.25) is 0 Å². The second kappa shape index (κ2) is 4.66. The first-order valence-electron chi connectivity index (χ1n) is 6.07. The fourth-order valence-corrected chi connectivity index (χ4v) is 2.49. The van der Waals surface area contributed by atoms with Crippen LogP contribution in [0.25, 0.3) is 0 Å². The number of nitrogens with zero attached hydrogens (tertiary/aromatic N) is 3. The van der Waals surface area contributed by atoms with Crippen LogP contribution in [-0.2, 0) is 13.1 Å². The maximum absolute atomic E-state index is 13.8. The molecule has 0 saturated carbocycles. The van der Waals surface area contributed by atoms with Crippen LogP contribution in [0.5, 0.6) is 0 Å². The molecule has 0 amide bonds. The van der Waals surface area contributed by atoms with Crippen molar-refractivity contribution in [1.82, 2.24) is 4.98 Å². The number of nitriles is 1. The third kappa shape index (κ3) is 2.05. The molecular formula is C14H9F3N4. The van der Waals surface area contributed by atoms with Crippen LogP contribution in [0.15, 0.2) is 18.3 Å². The first-order valence-corrected chi connectivity index (χ1v) is 6.07. The normalized spacial score (nSPS) is 13.1. The molecule has 7 heteroatoms. The van der Waals surface area contributed by atoms with Gasteiger partial charge in [0.2, 0.25) is 0 Å². The number of pyridine rings is 1. The third-order valence-electron chi connectivity index (χ3n) is 3.42. The van der Waals surface area contributed by atoms with E-state index in [2.05, 4.69) is 4.98 Å². The fraction of sp³-hybridized carbons (Fsp3) is 0.143. The molecule has 0 radical (unpaired) electrons. The molecule has 3 rings (SSSR count). The number of fused-ring (bicyclic) bond motifs is 1. The van der Waals surface area contributed by atoms with E-state index in [1.807, 2.05) is 6.07 Å². The van der Waals surface area contributed by atoms with Gasteiger partial charge in [-0.25, -0.2) is 18.2 Å². The molecule has 0 atom stereocenters. The van der Waals surface area contributed by atoms with Crippen LogP contribution in [0, 0.1) is 28.8 Å². The average molecular weight is 290 g/mol. The van der Waals surface area contributed by atoms with Crippen LogP contribution < -0.4 is 10.6 Å². The predicted octanol–water partition coefficient (Wildman–Crippen LogP) is 2.47. The highest BCUT2D eigenvalue weighted by atomic mass is 19.1. The Morgan fingerprint density at radius 3 is 2.48 bits per heavy atom. The van der Waals surface area contributed by atoms with E-state index in [9.17, 15) is 13.2 Å². The number of rotatable bonds is 1. The van der Waals surface area contributed by atoms with Crippen molar-refractivity contribution in [2.24, 2.45) is 0 Å². The van der Waals surface area contributed by atoms with E-state index in [1.54, 1.807) is 0 Å². The summed E-state index contributed by atoms with van der Waals surface area (Å²) in [5.41, 5.74) is 6.76. The quantitative estimate of drug-likeness (QED) is 0.876. The van der Waals surface area contributed by atoms with Gasteiger partial charge in [-0.05, 0) is 11.1 Å². The Morgan fingerprint density at radius 1 is 1.19 bits per heavy atom. The molecule has 0 spiro atoms. The van der Waals surface area contributed by atoms with Gasteiger partial charge in [-0.2, -0.15) is 5.26 Å². The summed E-state index contributed by atoms with van der Waals surface area (Å²) in [7, 11) is 0. The van der Waals surface area contributed by atoms with Gasteiger partial charge in [0.1, 0.15) is 23.4 Å². The molecule has 4 nitrogen and oxygen atoms in total. The lowest BCUT2D eigenvalue weighted by Crippen LogP contribution is -2.18. The van der Waals surface area contributed by atoms with E-state index >= 15 is 0 Å². The topological polar surface area (TPSA) is 65.9 Å². The van der Waals surface area contributed by atoms with Crippen molar-refractivity contribution in [3.8, 4) is 6.07 Å². The van der Waals surface area contributed by atoms with Gasteiger partial charge in [-0.1, -0.05) is 0 Å². The van der Waals surface area contributed by atoms with Crippen LogP contribution in [0.3, 0.4) is 0 Å². The summed E-state index contributed by atoms with van der Waals surface area (Å²) in [5.74, 6) is -2.87. The highest BCUT2D eigenvalue weighted by Crippen LogP contribution is 2.34. The number of halogens is 3. The van der Waals surface area contributed by atoms with Crippen molar-refractivity contribution in [3.05, 3.63) is 52.5 Å². The number of anilines is 2. The number of nitrogen functional groups attached to an aromatic ring is 1. The molecule has 1 aliphatic heterocycles. The van der Waals surface area contributed by atoms with Gasteiger partial charge >= 0.3 is 0 Å². The lowest BCUT2D eigenvalue weighted by molar-refractivity contribution is 0.537. The van der Waals surface area contributed by atoms with Crippen molar-refractivity contribution in [2.75, 3.05) is 10.6 Å². The smallest absolute Gasteiger partial charge is 0.152 e. The summed E-state index contributed by atoms with van der Waals surface area (Å²) in [4.78, 5) is 5.28. The molecule has 1 aromatic carbocycles. The molecule has 2 heterocycles. The van der Waals surface area contributed by atoms with Crippen LogP contribution in [0.2, 0.25) is 0 Å². The molecule has 2 aromatic rings. The van der Waals surface area contributed by atoms with Crippen LogP contribution in [-0.4, -0.2) is 4.98 Å². The van der Waals surface area contributed by atoms with Gasteiger partial charge in [-0.15, -0.1) is 0 Å². The van der Waals surface area contributed by atoms with Crippen molar-refractivity contribution >= 4 is 11.5 Å². The average Bonchev–Trinajstić information content (AvgIpc) is 2.81. The van der Waals surface area contributed by atoms with E-state index < -0.39 is 17.5 Å². The highest BCUT2D eigenvalue weighted by Gasteiger charge is 2.28. The van der Waals surface area contributed by atoms with E-state index in [0.717, 1.165) is 0 Å². The molecule has 0 unspecified atom stereocenters. The molecule has 0 aliphatic carbocycles. The Hall–Kier alpha value is -2.75. The molecule has 0 saturated heterocycles. The number of nitrogens with two attached hydrogens (primary N) is 1. The maximum atomic E-state index is 13.8. The van der Waals surface area contributed by atoms with Crippen molar-refractivity contribution in [2.45, 2.75) is 13.1 Å². The van der Waals surface area contributed by atoms with Crippen molar-refractivity contribution in [3.63, 3.8) is 0 Å². The van der Waals surface area contributed by atoms with Crippen LogP contribution >= 0.6 is 0 Å². The summed E-state index contributed by atoms with van der Waals surface area (Å²) in [6, 6.07) is 3.19. The summed E-state index contributed by atoms with van der Waals surface area (Å²) in [6.45, 7) is 0.293.